The summed E-state index contributed by atoms with van der Waals surface area (Å²) in [6.07, 6.45) is 0.134. The molecule has 3 amide bonds. The lowest BCUT2D eigenvalue weighted by atomic mass is 10.2. The van der Waals surface area contributed by atoms with Crippen LogP contribution in [0.4, 0.5) is 10.2 Å². The Balaban J connectivity index is 1.53. The Bertz CT molecular complexity index is 1150. The quantitative estimate of drug-likeness (QED) is 0.532. The molecule has 1 fully saturated rings. The number of rotatable bonds is 5. The number of alkyl halides is 1. The van der Waals surface area contributed by atoms with Gasteiger partial charge >= 0.3 is 0 Å². The van der Waals surface area contributed by atoms with Gasteiger partial charge in [-0.15, -0.1) is 11.3 Å². The maximum atomic E-state index is 14.1. The summed E-state index contributed by atoms with van der Waals surface area (Å²) < 4.78 is 17.0. The number of likely N-dealkylation sites (tertiary alicyclic amines) is 1. The molecule has 8 nitrogen and oxygen atoms in total. The largest absolute Gasteiger partial charge is 0.366 e. The lowest BCUT2D eigenvalue weighted by molar-refractivity contribution is -0.137. The molecular formula is C19H17BrFN5O3S. The summed E-state index contributed by atoms with van der Waals surface area (Å²) in [5.41, 5.74) is 6.44. The predicted molar refractivity (Wildman–Crippen MR) is 114 cm³/mol. The summed E-state index contributed by atoms with van der Waals surface area (Å²) in [4.78, 5) is 42.7. The van der Waals surface area contributed by atoms with Gasteiger partial charge in [-0.1, -0.05) is 6.07 Å². The molecule has 30 heavy (non-hydrogen) atoms. The van der Waals surface area contributed by atoms with Gasteiger partial charge in [-0.05, 0) is 39.5 Å². The number of primary amides is 1. The zero-order valence-electron chi connectivity index (χ0n) is 15.5. The molecular weight excluding hydrogens is 477 g/mol. The van der Waals surface area contributed by atoms with Crippen molar-refractivity contribution in [2.45, 2.75) is 25.2 Å². The van der Waals surface area contributed by atoms with Crippen LogP contribution in [0.15, 0.2) is 40.4 Å². The third-order valence-electron chi connectivity index (χ3n) is 4.89. The second-order valence-electron chi connectivity index (χ2n) is 6.90. The third-order valence-corrected chi connectivity index (χ3v) is 6.27. The number of nitrogens with one attached hydrogen (secondary N) is 1. The zero-order valence-corrected chi connectivity index (χ0v) is 18.0. The highest BCUT2D eigenvalue weighted by molar-refractivity contribution is 9.10. The number of fused-ring (bicyclic) bond motifs is 1. The maximum Gasteiger partial charge on any atom is 0.251 e. The van der Waals surface area contributed by atoms with E-state index in [0.29, 0.717) is 26.2 Å². The van der Waals surface area contributed by atoms with Crippen molar-refractivity contribution in [3.8, 4) is 0 Å². The van der Waals surface area contributed by atoms with Crippen molar-refractivity contribution in [1.82, 2.24) is 14.5 Å². The van der Waals surface area contributed by atoms with E-state index in [-0.39, 0.29) is 19.5 Å². The normalized spacial score (nSPS) is 18.7. The second-order valence-corrected chi connectivity index (χ2v) is 8.63. The van der Waals surface area contributed by atoms with Crippen LogP contribution in [0.5, 0.6) is 0 Å². The number of hydrogen-bond acceptors (Lipinski definition) is 5. The van der Waals surface area contributed by atoms with Gasteiger partial charge in [0.1, 0.15) is 29.2 Å². The number of nitrogens with two attached hydrogens (primary N) is 1. The Morgan fingerprint density at radius 2 is 2.13 bits per heavy atom. The van der Waals surface area contributed by atoms with Crippen LogP contribution in [0.3, 0.4) is 0 Å². The van der Waals surface area contributed by atoms with Gasteiger partial charge < -0.3 is 20.5 Å². The Morgan fingerprint density at radius 1 is 1.33 bits per heavy atom. The van der Waals surface area contributed by atoms with Crippen LogP contribution < -0.4 is 11.1 Å². The molecule has 0 aromatic carbocycles. The van der Waals surface area contributed by atoms with Gasteiger partial charge in [0.15, 0.2) is 0 Å². The molecule has 11 heteroatoms. The van der Waals surface area contributed by atoms with Gasteiger partial charge in [0, 0.05) is 12.6 Å². The van der Waals surface area contributed by atoms with Gasteiger partial charge in [0.2, 0.25) is 11.8 Å². The van der Waals surface area contributed by atoms with E-state index in [9.17, 15) is 18.8 Å². The number of halogens is 2. The number of pyridine rings is 1. The molecule has 1 aliphatic heterocycles. The number of carbonyl (C=O) groups is 3. The first-order valence-electron chi connectivity index (χ1n) is 9.06. The number of carbonyl (C=O) groups excluding carboxylic acids is 3. The topological polar surface area (TPSA) is 110 Å². The summed E-state index contributed by atoms with van der Waals surface area (Å²) in [5, 5.41) is 4.43. The first-order chi connectivity index (χ1) is 14.3. The molecule has 0 bridgehead atoms. The molecule has 1 aliphatic rings. The standard InChI is InChI=1S/C19H17BrFN5O3S/c20-14-2-1-3-15(23-14)24-19(29)13-6-10(21)7-26(13)16(27)9-25-8-11(18(22)28)17-12(25)4-5-30-17/h1-5,8,10,13H,6-7,9H2,(H2,22,28)(H,23,24,29)/t10-,13+/m1/s1. The highest BCUT2D eigenvalue weighted by atomic mass is 79.9. The number of nitrogens with zero attached hydrogens (tertiary/aromatic N) is 3. The lowest BCUT2D eigenvalue weighted by Crippen LogP contribution is -2.44. The van der Waals surface area contributed by atoms with E-state index in [0.717, 1.165) is 0 Å². The minimum Gasteiger partial charge on any atom is -0.366 e. The van der Waals surface area contributed by atoms with Crippen molar-refractivity contribution in [2.75, 3.05) is 11.9 Å². The smallest absolute Gasteiger partial charge is 0.251 e. The average molecular weight is 494 g/mol. The number of amides is 3. The van der Waals surface area contributed by atoms with Crippen molar-refractivity contribution in [3.05, 3.63) is 46.0 Å². The van der Waals surface area contributed by atoms with Crippen molar-refractivity contribution in [2.24, 2.45) is 5.73 Å². The van der Waals surface area contributed by atoms with Crippen LogP contribution in [0.1, 0.15) is 16.8 Å². The molecule has 1 saturated heterocycles. The maximum absolute atomic E-state index is 14.1. The summed E-state index contributed by atoms with van der Waals surface area (Å²) in [6.45, 7) is -0.300. The van der Waals surface area contributed by atoms with Crippen LogP contribution >= 0.6 is 27.3 Å². The summed E-state index contributed by atoms with van der Waals surface area (Å²) in [7, 11) is 0. The van der Waals surface area contributed by atoms with E-state index >= 15 is 0 Å². The van der Waals surface area contributed by atoms with Gasteiger partial charge in [-0.25, -0.2) is 9.37 Å². The monoisotopic (exact) mass is 493 g/mol. The van der Waals surface area contributed by atoms with Gasteiger partial charge in [-0.3, -0.25) is 14.4 Å². The molecule has 0 aliphatic carbocycles. The summed E-state index contributed by atoms with van der Waals surface area (Å²) >= 11 is 4.57. The van der Waals surface area contributed by atoms with Crippen molar-refractivity contribution in [1.29, 1.82) is 0 Å². The number of aromatic nitrogens is 2. The van der Waals surface area contributed by atoms with Gasteiger partial charge in [-0.2, -0.15) is 0 Å². The second kappa shape index (κ2) is 8.15. The number of anilines is 1. The van der Waals surface area contributed by atoms with E-state index in [1.54, 1.807) is 34.2 Å². The fraction of sp³-hybridized carbons (Fsp3) is 0.263. The first kappa shape index (κ1) is 20.5. The van der Waals surface area contributed by atoms with Crippen molar-refractivity contribution >= 4 is 61.0 Å². The highest BCUT2D eigenvalue weighted by Gasteiger charge is 2.40. The highest BCUT2D eigenvalue weighted by Crippen LogP contribution is 2.28. The minimum atomic E-state index is -1.30. The van der Waals surface area contributed by atoms with E-state index < -0.39 is 29.9 Å². The van der Waals surface area contributed by atoms with E-state index in [1.807, 2.05) is 0 Å². The molecule has 0 radical (unpaired) electrons. The molecule has 3 aromatic rings. The zero-order chi connectivity index (χ0) is 21.4. The third kappa shape index (κ3) is 3.94. The molecule has 0 unspecified atom stereocenters. The van der Waals surface area contributed by atoms with Crippen molar-refractivity contribution in [3.63, 3.8) is 0 Å². The van der Waals surface area contributed by atoms with E-state index in [1.165, 1.54) is 22.4 Å². The average Bonchev–Trinajstić information content (AvgIpc) is 3.37. The Kier molecular flexibility index (Phi) is 5.56. The molecule has 156 valence electrons. The first-order valence-corrected chi connectivity index (χ1v) is 10.7. The molecule has 4 heterocycles. The molecule has 0 spiro atoms. The molecule has 3 aromatic heterocycles. The van der Waals surface area contributed by atoms with Crippen LogP contribution in [0, 0.1) is 0 Å². The van der Waals surface area contributed by atoms with Crippen LogP contribution in [-0.4, -0.2) is 50.9 Å². The number of thiophene rings is 1. The van der Waals surface area contributed by atoms with Gasteiger partial charge in [0.25, 0.3) is 5.91 Å². The fourth-order valence-corrected chi connectivity index (χ4v) is 4.82. The minimum absolute atomic E-state index is 0.0857. The van der Waals surface area contributed by atoms with Crippen LogP contribution in [0.25, 0.3) is 10.2 Å². The number of hydrogen-bond donors (Lipinski definition) is 2. The van der Waals surface area contributed by atoms with Crippen LogP contribution in [0.2, 0.25) is 0 Å². The van der Waals surface area contributed by atoms with E-state index in [4.69, 9.17) is 5.73 Å². The van der Waals surface area contributed by atoms with E-state index in [2.05, 4.69) is 26.2 Å². The predicted octanol–water partition coefficient (Wildman–Crippen LogP) is 2.54. The molecule has 4 rings (SSSR count). The van der Waals surface area contributed by atoms with Crippen LogP contribution in [-0.2, 0) is 16.1 Å². The molecule has 2 atom stereocenters. The lowest BCUT2D eigenvalue weighted by Gasteiger charge is -2.23. The molecule has 0 saturated carbocycles. The Morgan fingerprint density at radius 3 is 2.87 bits per heavy atom. The fourth-order valence-electron chi connectivity index (χ4n) is 3.55. The SMILES string of the molecule is NC(=O)c1cn(CC(=O)N2C[C@H](F)C[C@H]2C(=O)Nc2cccc(Br)n2)c2ccsc12. The Hall–Kier alpha value is -2.79. The van der Waals surface area contributed by atoms with Gasteiger partial charge in [0.05, 0.1) is 22.3 Å². The van der Waals surface area contributed by atoms with Crippen molar-refractivity contribution < 1.29 is 18.8 Å². The Labute approximate surface area is 183 Å². The summed E-state index contributed by atoms with van der Waals surface area (Å²) in [5.74, 6) is -1.20. The molecule has 3 N–H and O–H groups in total. The summed E-state index contributed by atoms with van der Waals surface area (Å²) in [6, 6.07) is 5.86.